The Morgan fingerprint density at radius 3 is 1.62 bits per heavy atom. The summed E-state index contributed by atoms with van der Waals surface area (Å²) in [7, 11) is 0. The van der Waals surface area contributed by atoms with Gasteiger partial charge < -0.3 is 9.13 Å². The van der Waals surface area contributed by atoms with Gasteiger partial charge in [-0.25, -0.2) is 0 Å². The SMILES string of the molecule is c1ccc(-n2c3ccc(-c4ccc5c(c4)c4ccccc4n5-c4ccccc4-c4ccc(-c5ccc6c(c5)-c5cccc7cccc-6c57)cc4)cc3c3ccc4ccccc4c32)cc1. The second kappa shape index (κ2) is 13.5. The Hall–Kier alpha value is -8.46. The molecular weight excluding hydrogens is 773 g/mol. The molecule has 0 N–H and O–H groups in total. The third-order valence-corrected chi connectivity index (χ3v) is 13.9. The molecule has 14 rings (SSSR count). The summed E-state index contributed by atoms with van der Waals surface area (Å²) in [5, 5.41) is 10.2. The van der Waals surface area contributed by atoms with Crippen molar-refractivity contribution in [3.05, 3.63) is 231 Å². The van der Waals surface area contributed by atoms with Crippen molar-refractivity contribution in [2.24, 2.45) is 0 Å². The van der Waals surface area contributed by atoms with Gasteiger partial charge >= 0.3 is 0 Å². The van der Waals surface area contributed by atoms with Gasteiger partial charge in [-0.1, -0.05) is 176 Å². The van der Waals surface area contributed by atoms with E-state index in [0.29, 0.717) is 0 Å². The van der Waals surface area contributed by atoms with Crippen molar-refractivity contribution in [1.29, 1.82) is 0 Å². The largest absolute Gasteiger partial charge is 0.309 e. The molecule has 0 spiro atoms. The highest BCUT2D eigenvalue weighted by Gasteiger charge is 2.22. The molecule has 11 aromatic carbocycles. The minimum Gasteiger partial charge on any atom is -0.309 e. The van der Waals surface area contributed by atoms with E-state index in [9.17, 15) is 0 Å². The van der Waals surface area contributed by atoms with Crippen molar-refractivity contribution in [3.63, 3.8) is 0 Å². The van der Waals surface area contributed by atoms with Crippen LogP contribution in [-0.2, 0) is 0 Å². The van der Waals surface area contributed by atoms with Crippen LogP contribution < -0.4 is 0 Å². The fraction of sp³-hybridized carbons (Fsp3) is 0. The first kappa shape index (κ1) is 35.2. The van der Waals surface area contributed by atoms with E-state index >= 15 is 0 Å². The van der Waals surface area contributed by atoms with E-state index in [1.807, 2.05) is 0 Å². The third-order valence-electron chi connectivity index (χ3n) is 13.9. The molecule has 64 heavy (non-hydrogen) atoms. The predicted octanol–water partition coefficient (Wildman–Crippen LogP) is 16.8. The monoisotopic (exact) mass is 810 g/mol. The number of aromatic nitrogens is 2. The maximum atomic E-state index is 2.46. The molecule has 0 aliphatic heterocycles. The zero-order valence-electron chi connectivity index (χ0n) is 34.8. The van der Waals surface area contributed by atoms with Gasteiger partial charge in [0.05, 0.1) is 27.8 Å². The lowest BCUT2D eigenvalue weighted by atomic mass is 9.95. The maximum absolute atomic E-state index is 2.46. The Morgan fingerprint density at radius 2 is 0.812 bits per heavy atom. The van der Waals surface area contributed by atoms with Gasteiger partial charge in [0.1, 0.15) is 0 Å². The minimum absolute atomic E-state index is 1.17. The predicted molar refractivity (Wildman–Crippen MR) is 271 cm³/mol. The first-order valence-corrected chi connectivity index (χ1v) is 22.2. The van der Waals surface area contributed by atoms with Crippen molar-refractivity contribution < 1.29 is 0 Å². The first-order chi connectivity index (χ1) is 31.7. The lowest BCUT2D eigenvalue weighted by molar-refractivity contribution is 1.18. The molecule has 0 saturated heterocycles. The molecule has 0 saturated carbocycles. The molecule has 296 valence electrons. The number of para-hydroxylation sites is 3. The van der Waals surface area contributed by atoms with Crippen LogP contribution in [0, 0.1) is 0 Å². The highest BCUT2D eigenvalue weighted by Crippen LogP contribution is 2.48. The quantitative estimate of drug-likeness (QED) is 0.164. The fourth-order valence-corrected chi connectivity index (χ4v) is 10.9. The number of benzene rings is 11. The topological polar surface area (TPSA) is 9.86 Å². The summed E-state index contributed by atoms with van der Waals surface area (Å²) in [4.78, 5) is 0. The molecule has 0 amide bonds. The molecule has 2 heterocycles. The zero-order valence-corrected chi connectivity index (χ0v) is 34.8. The fourth-order valence-electron chi connectivity index (χ4n) is 10.9. The molecule has 1 aliphatic carbocycles. The summed E-state index contributed by atoms with van der Waals surface area (Å²) < 4.78 is 4.89. The number of fused-ring (bicyclic) bond motifs is 11. The van der Waals surface area contributed by atoms with Crippen LogP contribution in [-0.4, -0.2) is 9.13 Å². The van der Waals surface area contributed by atoms with Crippen molar-refractivity contribution in [1.82, 2.24) is 9.13 Å². The molecule has 0 radical (unpaired) electrons. The lowest BCUT2D eigenvalue weighted by Crippen LogP contribution is -1.97. The summed E-state index contributed by atoms with van der Waals surface area (Å²) in [6.45, 7) is 0. The molecule has 2 heteroatoms. The van der Waals surface area contributed by atoms with Gasteiger partial charge in [0.2, 0.25) is 0 Å². The van der Waals surface area contributed by atoms with Gasteiger partial charge in [-0.05, 0) is 121 Å². The smallest absolute Gasteiger partial charge is 0.0619 e. The van der Waals surface area contributed by atoms with Gasteiger partial charge in [-0.3, -0.25) is 0 Å². The normalized spacial score (nSPS) is 12.1. The highest BCUT2D eigenvalue weighted by molar-refractivity contribution is 6.20. The van der Waals surface area contributed by atoms with Gasteiger partial charge in [0.25, 0.3) is 0 Å². The van der Waals surface area contributed by atoms with Crippen molar-refractivity contribution in [2.45, 2.75) is 0 Å². The summed E-state index contributed by atoms with van der Waals surface area (Å²) in [6, 6.07) is 85.2. The molecule has 2 aromatic heterocycles. The van der Waals surface area contributed by atoms with Crippen LogP contribution in [0.1, 0.15) is 0 Å². The Bertz CT molecular complexity index is 4050. The Labute approximate surface area is 370 Å². The van der Waals surface area contributed by atoms with E-state index in [1.54, 1.807) is 0 Å². The molecule has 0 unspecified atom stereocenters. The molecule has 1 aliphatic rings. The third kappa shape index (κ3) is 5.08. The lowest BCUT2D eigenvalue weighted by Gasteiger charge is -2.15. The van der Waals surface area contributed by atoms with Crippen molar-refractivity contribution in [2.75, 3.05) is 0 Å². The molecule has 0 atom stereocenters. The number of rotatable bonds is 5. The van der Waals surface area contributed by atoms with Crippen LogP contribution in [0.3, 0.4) is 0 Å². The minimum atomic E-state index is 1.17. The maximum Gasteiger partial charge on any atom is 0.0619 e. The van der Waals surface area contributed by atoms with Gasteiger partial charge in [0, 0.05) is 38.2 Å². The summed E-state index contributed by atoms with van der Waals surface area (Å²) in [6.07, 6.45) is 0. The van der Waals surface area contributed by atoms with Crippen LogP contribution >= 0.6 is 0 Å². The first-order valence-electron chi connectivity index (χ1n) is 22.2. The van der Waals surface area contributed by atoms with Gasteiger partial charge in [-0.2, -0.15) is 0 Å². The average Bonchev–Trinajstić information content (AvgIpc) is 4.00. The van der Waals surface area contributed by atoms with Crippen molar-refractivity contribution in [3.8, 4) is 67.0 Å². The zero-order chi connectivity index (χ0) is 41.9. The van der Waals surface area contributed by atoms with Crippen LogP contribution in [0.15, 0.2) is 231 Å². The van der Waals surface area contributed by atoms with E-state index in [1.165, 1.54) is 132 Å². The standard InChI is InChI=1S/C62H38N2/c1-2-15-46(16-3-1)63-59-34-30-45(38-56(59)53-33-28-40-12-4-5-18-48(40)62(53)63)44-31-35-60-55(37-44)50-19-7-9-23-58(50)64(60)57-22-8-6-17-47(57)41-26-24-39(25-27-41)43-29-32-49-51-20-10-13-42-14-11-21-52(61(42)51)54(49)36-43/h1-38H. The molecule has 13 aromatic rings. The summed E-state index contributed by atoms with van der Waals surface area (Å²) >= 11 is 0. The Kier molecular flexibility index (Phi) is 7.43. The van der Waals surface area contributed by atoms with E-state index in [0.717, 1.165) is 0 Å². The second-order valence-corrected chi connectivity index (χ2v) is 17.2. The summed E-state index contributed by atoms with van der Waals surface area (Å²) in [5.41, 5.74) is 19.7. The van der Waals surface area contributed by atoms with E-state index in [4.69, 9.17) is 0 Å². The second-order valence-electron chi connectivity index (χ2n) is 17.2. The van der Waals surface area contributed by atoms with Crippen molar-refractivity contribution >= 4 is 65.2 Å². The molecular formula is C62H38N2. The van der Waals surface area contributed by atoms with Gasteiger partial charge in [-0.15, -0.1) is 0 Å². The van der Waals surface area contributed by atoms with E-state index in [-0.39, 0.29) is 0 Å². The average molecular weight is 811 g/mol. The van der Waals surface area contributed by atoms with Crippen LogP contribution in [0.5, 0.6) is 0 Å². The molecule has 0 fully saturated rings. The van der Waals surface area contributed by atoms with Crippen LogP contribution in [0.25, 0.3) is 132 Å². The van der Waals surface area contributed by atoms with E-state index < -0.39 is 0 Å². The number of hydrogen-bond acceptors (Lipinski definition) is 0. The Balaban J connectivity index is 0.871. The van der Waals surface area contributed by atoms with Gasteiger partial charge in [0.15, 0.2) is 0 Å². The molecule has 2 nitrogen and oxygen atoms in total. The van der Waals surface area contributed by atoms with Crippen LogP contribution in [0.4, 0.5) is 0 Å². The number of nitrogens with zero attached hydrogens (tertiary/aromatic N) is 2. The number of hydrogen-bond donors (Lipinski definition) is 0. The Morgan fingerprint density at radius 1 is 0.250 bits per heavy atom. The van der Waals surface area contributed by atoms with Crippen LogP contribution in [0.2, 0.25) is 0 Å². The highest BCUT2D eigenvalue weighted by atomic mass is 15.0. The summed E-state index contributed by atoms with van der Waals surface area (Å²) in [5.74, 6) is 0. The van der Waals surface area contributed by atoms with E-state index in [2.05, 4.69) is 240 Å². The molecule has 0 bridgehead atoms.